The quantitative estimate of drug-likeness (QED) is 0.180. The van der Waals surface area contributed by atoms with E-state index in [0.717, 1.165) is 33.6 Å². The van der Waals surface area contributed by atoms with Crippen LogP contribution in [-0.2, 0) is 0 Å². The molecule has 9 aromatic rings. The Morgan fingerprint density at radius 2 is 0.796 bits per heavy atom. The SMILES string of the molecule is [2H]c1c(-c2ccccc2)c([2H])c2c(sc3c([2H])c(-c4nc(-c5cccc(-c6ccccc6)c5)nc(-c5cccc(-c6ccccc6)c5)n4)c([2H])c([2H])c32)c1[2H]. The van der Waals surface area contributed by atoms with Crippen LogP contribution in [0.1, 0.15) is 8.22 Å². The molecule has 0 N–H and O–H groups in total. The zero-order valence-corrected chi connectivity index (χ0v) is 26.8. The average molecular weight is 650 g/mol. The first kappa shape index (κ1) is 23.2. The molecule has 4 heteroatoms. The van der Waals surface area contributed by atoms with E-state index in [1.807, 2.05) is 127 Å². The van der Waals surface area contributed by atoms with Crippen molar-refractivity contribution in [2.45, 2.75) is 0 Å². The molecule has 0 atom stereocenters. The van der Waals surface area contributed by atoms with E-state index in [4.69, 9.17) is 17.7 Å². The van der Waals surface area contributed by atoms with Crippen molar-refractivity contribution in [1.82, 2.24) is 15.0 Å². The minimum atomic E-state index is -0.265. The summed E-state index contributed by atoms with van der Waals surface area (Å²) >= 11 is 1.09. The third kappa shape index (κ3) is 5.69. The maximum atomic E-state index is 9.54. The number of rotatable bonds is 6. The molecule has 0 radical (unpaired) electrons. The molecule has 0 spiro atoms. The number of fused-ring (bicyclic) bond motifs is 3. The maximum absolute atomic E-state index is 9.54. The van der Waals surface area contributed by atoms with Crippen molar-refractivity contribution < 1.29 is 8.22 Å². The van der Waals surface area contributed by atoms with E-state index in [-0.39, 0.29) is 58.6 Å². The van der Waals surface area contributed by atoms with Crippen LogP contribution in [0.5, 0.6) is 0 Å². The van der Waals surface area contributed by atoms with Crippen molar-refractivity contribution in [3.05, 3.63) is 176 Å². The van der Waals surface area contributed by atoms with E-state index in [1.165, 1.54) is 0 Å². The van der Waals surface area contributed by atoms with Gasteiger partial charge >= 0.3 is 0 Å². The van der Waals surface area contributed by atoms with Gasteiger partial charge < -0.3 is 0 Å². The lowest BCUT2D eigenvalue weighted by Crippen LogP contribution is -2.00. The van der Waals surface area contributed by atoms with Gasteiger partial charge in [-0.25, -0.2) is 15.0 Å². The van der Waals surface area contributed by atoms with Crippen molar-refractivity contribution >= 4 is 31.5 Å². The van der Waals surface area contributed by atoms with Crippen molar-refractivity contribution in [2.75, 3.05) is 0 Å². The standard InChI is InChI=1S/C45H29N3S/c1-4-12-30(13-5-1)33-18-10-20-36(26-33)43-46-44(37-21-11-19-34(27-37)31-14-6-2-7-15-31)48-45(47-43)38-22-24-39-40-28-35(32-16-8-3-9-17-32)23-25-41(40)49-42(39)29-38/h1-29H/i22D,23D,24D,25D,28D,29D. The van der Waals surface area contributed by atoms with E-state index in [0.29, 0.717) is 43.1 Å². The van der Waals surface area contributed by atoms with Gasteiger partial charge in [0.2, 0.25) is 0 Å². The first-order valence-corrected chi connectivity index (χ1v) is 16.7. The highest BCUT2D eigenvalue weighted by Crippen LogP contribution is 2.38. The molecule has 7 aromatic carbocycles. The van der Waals surface area contributed by atoms with Gasteiger partial charge in [-0.2, -0.15) is 0 Å². The first-order valence-electron chi connectivity index (χ1n) is 18.9. The normalized spacial score (nSPS) is 13.0. The minimum absolute atomic E-state index is 0.00479. The number of nitrogens with zero attached hydrogens (tertiary/aromatic N) is 3. The van der Waals surface area contributed by atoms with Crippen LogP contribution < -0.4 is 0 Å². The molecule has 0 aliphatic rings. The molecule has 3 nitrogen and oxygen atoms in total. The fourth-order valence-corrected chi connectivity index (χ4v) is 6.90. The summed E-state index contributed by atoms with van der Waals surface area (Å²) in [6.07, 6.45) is 0. The number of aromatic nitrogens is 3. The maximum Gasteiger partial charge on any atom is 0.164 e. The summed E-state index contributed by atoms with van der Waals surface area (Å²) in [5.74, 6) is 0.761. The van der Waals surface area contributed by atoms with Crippen molar-refractivity contribution in [2.24, 2.45) is 0 Å². The highest BCUT2D eigenvalue weighted by atomic mass is 32.1. The monoisotopic (exact) mass is 649 g/mol. The molecule has 0 saturated heterocycles. The lowest BCUT2D eigenvalue weighted by Gasteiger charge is -2.11. The van der Waals surface area contributed by atoms with E-state index in [1.54, 1.807) is 12.1 Å². The van der Waals surface area contributed by atoms with Crippen molar-refractivity contribution in [3.63, 3.8) is 0 Å². The highest BCUT2D eigenvalue weighted by molar-refractivity contribution is 7.25. The van der Waals surface area contributed by atoms with Crippen LogP contribution in [0.25, 0.3) is 87.7 Å². The fourth-order valence-electron chi connectivity index (χ4n) is 5.93. The molecule has 0 aliphatic heterocycles. The summed E-state index contributed by atoms with van der Waals surface area (Å²) in [4.78, 5) is 14.8. The van der Waals surface area contributed by atoms with Gasteiger partial charge in [0.25, 0.3) is 0 Å². The van der Waals surface area contributed by atoms with Gasteiger partial charge in [0.15, 0.2) is 17.5 Å². The summed E-state index contributed by atoms with van der Waals surface area (Å²) in [7, 11) is 0. The van der Waals surface area contributed by atoms with E-state index >= 15 is 0 Å². The molecular formula is C45H29N3S. The van der Waals surface area contributed by atoms with Gasteiger partial charge in [-0.15, -0.1) is 11.3 Å². The molecule has 0 saturated carbocycles. The molecule has 0 bridgehead atoms. The zero-order valence-electron chi connectivity index (χ0n) is 32.0. The Balaban J connectivity index is 1.29. The molecule has 0 unspecified atom stereocenters. The Kier molecular flexibility index (Phi) is 5.87. The lowest BCUT2D eigenvalue weighted by molar-refractivity contribution is 1.07. The number of hydrogen-bond acceptors (Lipinski definition) is 4. The largest absolute Gasteiger partial charge is 0.208 e. The van der Waals surface area contributed by atoms with Gasteiger partial charge in [0, 0.05) is 36.9 Å². The molecular weight excluding hydrogens is 615 g/mol. The molecule has 49 heavy (non-hydrogen) atoms. The third-order valence-corrected chi connectivity index (χ3v) is 9.41. The fraction of sp³-hybridized carbons (Fsp3) is 0. The first-order chi connectivity index (χ1) is 26.8. The Labute approximate surface area is 297 Å². The zero-order chi connectivity index (χ0) is 37.8. The lowest BCUT2D eigenvalue weighted by atomic mass is 10.0. The van der Waals surface area contributed by atoms with Gasteiger partial charge in [-0.1, -0.05) is 146 Å². The van der Waals surface area contributed by atoms with Crippen molar-refractivity contribution in [3.8, 4) is 67.5 Å². The summed E-state index contributed by atoms with van der Waals surface area (Å²) in [6, 6.07) is 44.1. The Bertz CT molecular complexity index is 2830. The minimum Gasteiger partial charge on any atom is -0.208 e. The second kappa shape index (κ2) is 12.4. The van der Waals surface area contributed by atoms with E-state index < -0.39 is 0 Å². The van der Waals surface area contributed by atoms with E-state index in [9.17, 15) is 5.48 Å². The van der Waals surface area contributed by atoms with Crippen LogP contribution in [0.15, 0.2) is 176 Å². The second-order valence-electron chi connectivity index (χ2n) is 11.6. The third-order valence-electron chi connectivity index (χ3n) is 8.39. The van der Waals surface area contributed by atoms with Crippen LogP contribution in [0.3, 0.4) is 0 Å². The van der Waals surface area contributed by atoms with Crippen LogP contribution in [0.4, 0.5) is 0 Å². The summed E-state index contributed by atoms with van der Waals surface area (Å²) < 4.78 is 55.9. The molecule has 2 aromatic heterocycles. The molecule has 0 aliphatic carbocycles. The molecule has 2 heterocycles. The van der Waals surface area contributed by atoms with Crippen LogP contribution >= 0.6 is 11.3 Å². The van der Waals surface area contributed by atoms with Gasteiger partial charge in [0.1, 0.15) is 0 Å². The summed E-state index contributed by atoms with van der Waals surface area (Å²) in [6.45, 7) is 0. The summed E-state index contributed by atoms with van der Waals surface area (Å²) in [5.41, 5.74) is 6.37. The molecule has 9 rings (SSSR count). The van der Waals surface area contributed by atoms with Crippen LogP contribution in [0.2, 0.25) is 0 Å². The smallest absolute Gasteiger partial charge is 0.164 e. The topological polar surface area (TPSA) is 38.7 Å². The van der Waals surface area contributed by atoms with Gasteiger partial charge in [-0.3, -0.25) is 0 Å². The Morgan fingerprint density at radius 1 is 0.347 bits per heavy atom. The summed E-state index contributed by atoms with van der Waals surface area (Å²) in [5, 5.41) is 0.543. The van der Waals surface area contributed by atoms with Crippen LogP contribution in [-0.4, -0.2) is 15.0 Å². The Hall–Kier alpha value is -6.23. The number of hydrogen-bond donors (Lipinski definition) is 0. The predicted molar refractivity (Wildman–Crippen MR) is 205 cm³/mol. The van der Waals surface area contributed by atoms with Gasteiger partial charge in [-0.05, 0) is 63.6 Å². The Morgan fingerprint density at radius 3 is 1.35 bits per heavy atom. The van der Waals surface area contributed by atoms with Crippen molar-refractivity contribution in [1.29, 1.82) is 0 Å². The predicted octanol–water partition coefficient (Wildman–Crippen LogP) is 12.2. The number of benzene rings is 7. The molecule has 0 fully saturated rings. The second-order valence-corrected chi connectivity index (χ2v) is 12.6. The van der Waals surface area contributed by atoms with Gasteiger partial charge in [0.05, 0.1) is 8.22 Å². The number of thiophene rings is 1. The van der Waals surface area contributed by atoms with E-state index in [2.05, 4.69) is 0 Å². The molecule has 0 amide bonds. The average Bonchev–Trinajstić information content (AvgIpc) is 3.65. The highest BCUT2D eigenvalue weighted by Gasteiger charge is 2.16. The molecule has 230 valence electrons. The van der Waals surface area contributed by atoms with Crippen LogP contribution in [0, 0.1) is 0 Å².